The Labute approximate surface area is 194 Å². The zero-order valence-electron chi connectivity index (χ0n) is 16.4. The summed E-state index contributed by atoms with van der Waals surface area (Å²) in [5.74, 6) is 0.114. The van der Waals surface area contributed by atoms with Gasteiger partial charge in [-0.3, -0.25) is 4.79 Å². The average molecular weight is 476 g/mol. The topological polar surface area (TPSA) is 62.4 Å². The van der Waals surface area contributed by atoms with Crippen molar-refractivity contribution in [2.45, 2.75) is 4.90 Å². The minimum Gasteiger partial charge on any atom is -0.495 e. The maximum atomic E-state index is 13.2. The lowest BCUT2D eigenvalue weighted by Gasteiger charge is -2.13. The van der Waals surface area contributed by atoms with Crippen LogP contribution in [-0.2, 0) is 4.79 Å². The molecule has 3 N–H and O–H groups in total. The maximum absolute atomic E-state index is 13.2. The zero-order valence-corrected chi connectivity index (χ0v) is 18.8. The number of halogens is 2. The number of hydrogen-bond acceptors (Lipinski definition) is 4. The highest BCUT2D eigenvalue weighted by molar-refractivity contribution is 8.00. The number of thioether (sulfide) groups is 1. The molecule has 0 heterocycles. The van der Waals surface area contributed by atoms with E-state index in [-0.39, 0.29) is 16.7 Å². The molecule has 0 spiro atoms. The number of amides is 1. The lowest BCUT2D eigenvalue weighted by atomic mass is 10.3. The highest BCUT2D eigenvalue weighted by Crippen LogP contribution is 2.25. The Morgan fingerprint density at radius 2 is 1.81 bits per heavy atom. The molecule has 0 aliphatic heterocycles. The summed E-state index contributed by atoms with van der Waals surface area (Å²) in [7, 11) is 1.60. The van der Waals surface area contributed by atoms with Crippen molar-refractivity contribution >= 4 is 63.7 Å². The second kappa shape index (κ2) is 11.0. The van der Waals surface area contributed by atoms with Gasteiger partial charge in [-0.05, 0) is 60.7 Å². The molecule has 5 nitrogen and oxygen atoms in total. The molecule has 0 atom stereocenters. The molecular formula is C22H19ClFN3O2S2. The summed E-state index contributed by atoms with van der Waals surface area (Å²) in [6.07, 6.45) is 0. The Balaban J connectivity index is 1.54. The summed E-state index contributed by atoms with van der Waals surface area (Å²) >= 11 is 12.5. The van der Waals surface area contributed by atoms with Gasteiger partial charge in [-0.1, -0.05) is 29.8 Å². The number of ether oxygens (including phenoxy) is 1. The number of thiocarbonyl (C=S) groups is 1. The molecule has 31 heavy (non-hydrogen) atoms. The van der Waals surface area contributed by atoms with E-state index in [1.165, 1.54) is 30.0 Å². The number of nitrogens with one attached hydrogen (secondary N) is 3. The molecule has 0 aliphatic rings. The van der Waals surface area contributed by atoms with Crippen molar-refractivity contribution in [3.05, 3.63) is 77.6 Å². The third-order valence-corrected chi connectivity index (χ3v) is 5.51. The van der Waals surface area contributed by atoms with Crippen LogP contribution in [0.3, 0.4) is 0 Å². The summed E-state index contributed by atoms with van der Waals surface area (Å²) in [5, 5.41) is 9.29. The number of para-hydroxylation sites is 2. The van der Waals surface area contributed by atoms with E-state index in [1.54, 1.807) is 7.11 Å². The fourth-order valence-corrected chi connectivity index (χ4v) is 3.78. The van der Waals surface area contributed by atoms with Crippen LogP contribution in [0, 0.1) is 5.82 Å². The number of carbonyl (C=O) groups excluding carboxylic acids is 1. The van der Waals surface area contributed by atoms with Gasteiger partial charge in [-0.2, -0.15) is 0 Å². The minimum absolute atomic E-state index is 0.0399. The van der Waals surface area contributed by atoms with Gasteiger partial charge in [0, 0.05) is 16.3 Å². The predicted octanol–water partition coefficient (Wildman–Crippen LogP) is 6.03. The monoisotopic (exact) mass is 475 g/mol. The smallest absolute Gasteiger partial charge is 0.234 e. The van der Waals surface area contributed by atoms with Crippen molar-refractivity contribution < 1.29 is 13.9 Å². The average Bonchev–Trinajstić information content (AvgIpc) is 2.75. The molecule has 0 unspecified atom stereocenters. The van der Waals surface area contributed by atoms with Crippen molar-refractivity contribution in [3.63, 3.8) is 0 Å². The van der Waals surface area contributed by atoms with Crippen LogP contribution < -0.4 is 20.7 Å². The van der Waals surface area contributed by atoms with E-state index in [4.69, 9.17) is 28.6 Å². The number of anilines is 3. The zero-order chi connectivity index (χ0) is 22.2. The first-order valence-corrected chi connectivity index (χ1v) is 10.9. The van der Waals surface area contributed by atoms with Crippen LogP contribution in [0.15, 0.2) is 71.6 Å². The molecule has 0 radical (unpaired) electrons. The lowest BCUT2D eigenvalue weighted by molar-refractivity contribution is -0.113. The number of hydrogen-bond donors (Lipinski definition) is 3. The quantitative estimate of drug-likeness (QED) is 0.286. The normalized spacial score (nSPS) is 10.3. The Kier molecular flexibility index (Phi) is 8.11. The van der Waals surface area contributed by atoms with Gasteiger partial charge in [0.15, 0.2) is 5.11 Å². The molecule has 0 aromatic heterocycles. The van der Waals surface area contributed by atoms with Crippen molar-refractivity contribution in [2.24, 2.45) is 0 Å². The minimum atomic E-state index is -0.531. The Morgan fingerprint density at radius 3 is 2.58 bits per heavy atom. The number of methoxy groups -OCH3 is 1. The molecule has 3 aromatic carbocycles. The van der Waals surface area contributed by atoms with Crippen LogP contribution in [0.2, 0.25) is 5.02 Å². The van der Waals surface area contributed by atoms with Gasteiger partial charge in [-0.15, -0.1) is 11.8 Å². The number of rotatable bonds is 7. The Hall–Kier alpha value is -2.81. The SMILES string of the molecule is COc1ccccc1NC(=S)Nc1cccc(SCC(=O)Nc2ccc(F)c(Cl)c2)c1. The third kappa shape index (κ3) is 6.85. The van der Waals surface area contributed by atoms with Crippen LogP contribution in [0.1, 0.15) is 0 Å². The third-order valence-electron chi connectivity index (χ3n) is 4.02. The Morgan fingerprint density at radius 1 is 1.03 bits per heavy atom. The van der Waals surface area contributed by atoms with E-state index < -0.39 is 5.82 Å². The van der Waals surface area contributed by atoms with Crippen LogP contribution in [-0.4, -0.2) is 23.9 Å². The molecule has 3 rings (SSSR count). The van der Waals surface area contributed by atoms with Gasteiger partial charge in [-0.25, -0.2) is 4.39 Å². The van der Waals surface area contributed by atoms with Crippen molar-refractivity contribution in [2.75, 3.05) is 28.8 Å². The molecule has 0 bridgehead atoms. The van der Waals surface area contributed by atoms with Crippen molar-refractivity contribution in [3.8, 4) is 5.75 Å². The van der Waals surface area contributed by atoms with Crippen molar-refractivity contribution in [1.82, 2.24) is 0 Å². The fourth-order valence-electron chi connectivity index (χ4n) is 2.62. The van der Waals surface area contributed by atoms with Crippen molar-refractivity contribution in [1.29, 1.82) is 0 Å². The number of carbonyl (C=O) groups is 1. The molecule has 9 heteroatoms. The second-order valence-electron chi connectivity index (χ2n) is 6.27. The van der Waals surface area contributed by atoms with E-state index >= 15 is 0 Å². The lowest BCUT2D eigenvalue weighted by Crippen LogP contribution is -2.19. The fraction of sp³-hybridized carbons (Fsp3) is 0.0909. The van der Waals surface area contributed by atoms with Crippen LogP contribution in [0.25, 0.3) is 0 Å². The van der Waals surface area contributed by atoms with E-state index in [1.807, 2.05) is 48.5 Å². The van der Waals surface area contributed by atoms with E-state index in [2.05, 4.69) is 16.0 Å². The van der Waals surface area contributed by atoms with Gasteiger partial charge in [0.25, 0.3) is 0 Å². The highest BCUT2D eigenvalue weighted by Gasteiger charge is 2.08. The van der Waals surface area contributed by atoms with Crippen LogP contribution in [0.4, 0.5) is 21.5 Å². The van der Waals surface area contributed by atoms with Gasteiger partial charge >= 0.3 is 0 Å². The first-order valence-electron chi connectivity index (χ1n) is 9.13. The Bertz CT molecular complexity index is 1100. The molecule has 0 fully saturated rings. The van der Waals surface area contributed by atoms with E-state index in [9.17, 15) is 9.18 Å². The second-order valence-corrected chi connectivity index (χ2v) is 8.14. The summed E-state index contributed by atoms with van der Waals surface area (Å²) in [4.78, 5) is 13.1. The first kappa shape index (κ1) is 22.9. The summed E-state index contributed by atoms with van der Waals surface area (Å²) in [5.41, 5.74) is 1.98. The summed E-state index contributed by atoms with van der Waals surface area (Å²) in [6, 6.07) is 19.1. The summed E-state index contributed by atoms with van der Waals surface area (Å²) < 4.78 is 18.5. The molecule has 0 aliphatic carbocycles. The highest BCUT2D eigenvalue weighted by atomic mass is 35.5. The molecule has 160 valence electrons. The van der Waals surface area contributed by atoms with E-state index in [0.717, 1.165) is 16.3 Å². The summed E-state index contributed by atoms with van der Waals surface area (Å²) in [6.45, 7) is 0. The van der Waals surface area contributed by atoms with Crippen LogP contribution in [0.5, 0.6) is 5.75 Å². The molecular weight excluding hydrogens is 457 g/mol. The van der Waals surface area contributed by atoms with E-state index in [0.29, 0.717) is 16.5 Å². The predicted molar refractivity (Wildman–Crippen MR) is 130 cm³/mol. The van der Waals surface area contributed by atoms with Gasteiger partial charge < -0.3 is 20.7 Å². The largest absolute Gasteiger partial charge is 0.495 e. The molecule has 3 aromatic rings. The first-order chi connectivity index (χ1) is 14.9. The number of benzene rings is 3. The van der Waals surface area contributed by atoms with Gasteiger partial charge in [0.2, 0.25) is 5.91 Å². The van der Waals surface area contributed by atoms with Gasteiger partial charge in [0.05, 0.1) is 23.6 Å². The van der Waals surface area contributed by atoms with Crippen LogP contribution >= 0.6 is 35.6 Å². The molecule has 0 saturated heterocycles. The van der Waals surface area contributed by atoms with Gasteiger partial charge in [0.1, 0.15) is 11.6 Å². The molecule has 1 amide bonds. The standard InChI is InChI=1S/C22H19ClFN3O2S2/c1-29-20-8-3-2-7-19(20)27-22(30)26-14-5-4-6-16(11-14)31-13-21(28)25-15-9-10-18(24)17(23)12-15/h2-12H,13H2,1H3,(H,25,28)(H2,26,27,30). The molecule has 0 saturated carbocycles. The maximum Gasteiger partial charge on any atom is 0.234 e.